The van der Waals surface area contributed by atoms with E-state index in [-0.39, 0.29) is 0 Å². The molecule has 0 aliphatic rings. The monoisotopic (exact) mass is 259 g/mol. The van der Waals surface area contributed by atoms with Crippen molar-refractivity contribution in [3.8, 4) is 0 Å². The lowest BCUT2D eigenvalue weighted by molar-refractivity contribution is 1.01. The van der Waals surface area contributed by atoms with E-state index in [9.17, 15) is 0 Å². The Kier molecular flexibility index (Phi) is 4.90. The number of benzene rings is 1. The highest BCUT2D eigenvalue weighted by Crippen LogP contribution is 2.33. The van der Waals surface area contributed by atoms with Gasteiger partial charge in [-0.3, -0.25) is 4.99 Å². The number of rotatable bonds is 3. The SMILES string of the molecule is CCN=C(N)N(CC)c1c(Cl)cccc1Cl. The first kappa shape index (κ1) is 13.1. The van der Waals surface area contributed by atoms with Crippen molar-refractivity contribution in [2.24, 2.45) is 10.7 Å². The van der Waals surface area contributed by atoms with Gasteiger partial charge in [0.25, 0.3) is 0 Å². The van der Waals surface area contributed by atoms with Crippen molar-refractivity contribution in [3.05, 3.63) is 28.2 Å². The van der Waals surface area contributed by atoms with Crippen LogP contribution in [0.2, 0.25) is 10.0 Å². The van der Waals surface area contributed by atoms with Crippen molar-refractivity contribution >= 4 is 34.8 Å². The first-order chi connectivity index (χ1) is 7.61. The third-order valence-electron chi connectivity index (χ3n) is 2.12. The number of anilines is 1. The standard InChI is InChI=1S/C11H15Cl2N3/c1-3-15-11(14)16(4-2)10-8(12)6-5-7-9(10)13/h5-7H,3-4H2,1-2H3,(H2,14,15). The fourth-order valence-electron chi connectivity index (χ4n) is 1.43. The Bertz CT molecular complexity index is 371. The van der Waals surface area contributed by atoms with Gasteiger partial charge in [0, 0.05) is 13.1 Å². The number of nitrogens with two attached hydrogens (primary N) is 1. The van der Waals surface area contributed by atoms with E-state index < -0.39 is 0 Å². The van der Waals surface area contributed by atoms with Crippen LogP contribution in [0.4, 0.5) is 5.69 Å². The molecule has 0 amide bonds. The van der Waals surface area contributed by atoms with Crippen LogP contribution in [-0.4, -0.2) is 19.0 Å². The third kappa shape index (κ3) is 2.80. The summed E-state index contributed by atoms with van der Waals surface area (Å²) in [6.07, 6.45) is 0. The molecule has 1 aromatic rings. The summed E-state index contributed by atoms with van der Waals surface area (Å²) in [5.41, 5.74) is 6.58. The molecule has 88 valence electrons. The van der Waals surface area contributed by atoms with Crippen LogP contribution in [0.5, 0.6) is 0 Å². The summed E-state index contributed by atoms with van der Waals surface area (Å²) in [6.45, 7) is 5.19. The molecule has 2 N–H and O–H groups in total. The molecule has 0 bridgehead atoms. The summed E-state index contributed by atoms with van der Waals surface area (Å²) in [6, 6.07) is 5.37. The Morgan fingerprint density at radius 2 is 1.88 bits per heavy atom. The Labute approximate surface area is 106 Å². The van der Waals surface area contributed by atoms with Gasteiger partial charge in [0.2, 0.25) is 0 Å². The number of para-hydroxylation sites is 1. The number of nitrogens with zero attached hydrogens (tertiary/aromatic N) is 2. The van der Waals surface area contributed by atoms with Crippen molar-refractivity contribution < 1.29 is 0 Å². The molecule has 0 radical (unpaired) electrons. The van der Waals surface area contributed by atoms with Crippen LogP contribution in [0, 0.1) is 0 Å². The predicted octanol–water partition coefficient (Wildman–Crippen LogP) is 3.15. The second kappa shape index (κ2) is 5.97. The largest absolute Gasteiger partial charge is 0.370 e. The molecule has 0 atom stereocenters. The van der Waals surface area contributed by atoms with Crippen LogP contribution in [0.15, 0.2) is 23.2 Å². The van der Waals surface area contributed by atoms with E-state index in [1.807, 2.05) is 13.8 Å². The molecule has 0 saturated heterocycles. The summed E-state index contributed by atoms with van der Waals surface area (Å²) in [5.74, 6) is 0.431. The summed E-state index contributed by atoms with van der Waals surface area (Å²) in [4.78, 5) is 5.96. The molecule has 0 fully saturated rings. The van der Waals surface area contributed by atoms with Gasteiger partial charge in [0.1, 0.15) is 0 Å². The smallest absolute Gasteiger partial charge is 0.195 e. The highest BCUT2D eigenvalue weighted by molar-refractivity contribution is 6.39. The predicted molar refractivity (Wildman–Crippen MR) is 71.6 cm³/mol. The number of aliphatic imine (C=N–C) groups is 1. The van der Waals surface area contributed by atoms with Crippen molar-refractivity contribution in [1.29, 1.82) is 0 Å². The zero-order valence-electron chi connectivity index (χ0n) is 9.37. The van der Waals surface area contributed by atoms with E-state index in [0.29, 0.717) is 34.8 Å². The molecule has 0 aromatic heterocycles. The minimum absolute atomic E-state index is 0.431. The average molecular weight is 260 g/mol. The number of hydrogen-bond donors (Lipinski definition) is 1. The van der Waals surface area contributed by atoms with Crippen molar-refractivity contribution in [2.45, 2.75) is 13.8 Å². The maximum atomic E-state index is 6.11. The fourth-order valence-corrected chi connectivity index (χ4v) is 2.03. The molecule has 1 aromatic carbocycles. The maximum Gasteiger partial charge on any atom is 0.195 e. The molecule has 0 spiro atoms. The van der Waals surface area contributed by atoms with Crippen LogP contribution in [0.25, 0.3) is 0 Å². The summed E-state index contributed by atoms with van der Waals surface area (Å²) in [7, 11) is 0. The minimum atomic E-state index is 0.431. The van der Waals surface area contributed by atoms with E-state index in [1.165, 1.54) is 0 Å². The first-order valence-corrected chi connectivity index (χ1v) is 5.88. The Morgan fingerprint density at radius 1 is 1.31 bits per heavy atom. The molecular formula is C11H15Cl2N3. The lowest BCUT2D eigenvalue weighted by Gasteiger charge is -2.24. The lowest BCUT2D eigenvalue weighted by atomic mass is 10.3. The highest BCUT2D eigenvalue weighted by Gasteiger charge is 2.15. The maximum absolute atomic E-state index is 6.11. The zero-order valence-corrected chi connectivity index (χ0v) is 10.9. The van der Waals surface area contributed by atoms with Gasteiger partial charge in [-0.2, -0.15) is 0 Å². The van der Waals surface area contributed by atoms with Gasteiger partial charge in [0.05, 0.1) is 15.7 Å². The molecular weight excluding hydrogens is 245 g/mol. The van der Waals surface area contributed by atoms with E-state index in [0.717, 1.165) is 0 Å². The van der Waals surface area contributed by atoms with Crippen molar-refractivity contribution in [1.82, 2.24) is 0 Å². The van der Waals surface area contributed by atoms with Gasteiger partial charge in [-0.15, -0.1) is 0 Å². The van der Waals surface area contributed by atoms with E-state index >= 15 is 0 Å². The summed E-state index contributed by atoms with van der Waals surface area (Å²) >= 11 is 12.2. The van der Waals surface area contributed by atoms with E-state index in [4.69, 9.17) is 28.9 Å². The topological polar surface area (TPSA) is 41.6 Å². The van der Waals surface area contributed by atoms with Gasteiger partial charge in [0.15, 0.2) is 5.96 Å². The Hall–Kier alpha value is -0.930. The van der Waals surface area contributed by atoms with Crippen LogP contribution in [-0.2, 0) is 0 Å². The molecule has 0 aliphatic heterocycles. The Balaban J connectivity index is 3.18. The number of guanidine groups is 1. The van der Waals surface area contributed by atoms with Gasteiger partial charge in [-0.05, 0) is 26.0 Å². The first-order valence-electron chi connectivity index (χ1n) is 5.13. The zero-order chi connectivity index (χ0) is 12.1. The quantitative estimate of drug-likeness (QED) is 0.670. The molecule has 0 saturated carbocycles. The summed E-state index contributed by atoms with van der Waals surface area (Å²) in [5, 5.41) is 1.15. The van der Waals surface area contributed by atoms with E-state index in [2.05, 4.69) is 4.99 Å². The molecule has 5 heteroatoms. The van der Waals surface area contributed by atoms with Gasteiger partial charge < -0.3 is 10.6 Å². The van der Waals surface area contributed by atoms with Crippen LogP contribution in [0.3, 0.4) is 0 Å². The van der Waals surface area contributed by atoms with Crippen molar-refractivity contribution in [3.63, 3.8) is 0 Å². The summed E-state index contributed by atoms with van der Waals surface area (Å²) < 4.78 is 0. The Morgan fingerprint density at radius 3 is 2.31 bits per heavy atom. The van der Waals surface area contributed by atoms with Crippen LogP contribution in [0.1, 0.15) is 13.8 Å². The highest BCUT2D eigenvalue weighted by atomic mass is 35.5. The molecule has 16 heavy (non-hydrogen) atoms. The lowest BCUT2D eigenvalue weighted by Crippen LogP contribution is -2.37. The number of hydrogen-bond acceptors (Lipinski definition) is 1. The molecule has 0 unspecified atom stereocenters. The third-order valence-corrected chi connectivity index (χ3v) is 2.73. The van der Waals surface area contributed by atoms with Crippen LogP contribution >= 0.6 is 23.2 Å². The van der Waals surface area contributed by atoms with E-state index in [1.54, 1.807) is 23.1 Å². The van der Waals surface area contributed by atoms with Gasteiger partial charge in [-0.1, -0.05) is 29.3 Å². The molecule has 0 heterocycles. The fraction of sp³-hybridized carbons (Fsp3) is 0.364. The molecule has 1 rings (SSSR count). The average Bonchev–Trinajstić information content (AvgIpc) is 2.24. The second-order valence-electron chi connectivity index (χ2n) is 3.15. The van der Waals surface area contributed by atoms with Crippen molar-refractivity contribution in [2.75, 3.05) is 18.0 Å². The molecule has 3 nitrogen and oxygen atoms in total. The van der Waals surface area contributed by atoms with Gasteiger partial charge >= 0.3 is 0 Å². The second-order valence-corrected chi connectivity index (χ2v) is 3.96. The van der Waals surface area contributed by atoms with Gasteiger partial charge in [-0.25, -0.2) is 0 Å². The normalized spacial score (nSPS) is 11.6. The number of halogens is 2. The molecule has 0 aliphatic carbocycles. The minimum Gasteiger partial charge on any atom is -0.370 e. The van der Waals surface area contributed by atoms with Crippen LogP contribution < -0.4 is 10.6 Å².